The van der Waals surface area contributed by atoms with Gasteiger partial charge in [0.2, 0.25) is 0 Å². The van der Waals surface area contributed by atoms with Gasteiger partial charge in [0.05, 0.1) is 12.3 Å². The Hall–Kier alpha value is -3.30. The van der Waals surface area contributed by atoms with E-state index in [2.05, 4.69) is 15.3 Å². The summed E-state index contributed by atoms with van der Waals surface area (Å²) in [4.78, 5) is 31.9. The van der Waals surface area contributed by atoms with Crippen LogP contribution in [0.25, 0.3) is 22.4 Å². The fourth-order valence-electron chi connectivity index (χ4n) is 2.66. The number of thiazole rings is 1. The van der Waals surface area contributed by atoms with Gasteiger partial charge in [-0.25, -0.2) is 9.78 Å². The summed E-state index contributed by atoms with van der Waals surface area (Å²) in [6, 6.07) is 11.8. The summed E-state index contributed by atoms with van der Waals surface area (Å²) in [6.07, 6.45) is 1.61. The van der Waals surface area contributed by atoms with E-state index in [0.29, 0.717) is 5.13 Å². The number of pyridine rings is 1. The molecule has 3 aromatic rings. The first-order valence-electron chi connectivity index (χ1n) is 8.79. The summed E-state index contributed by atoms with van der Waals surface area (Å²) in [5.41, 5.74) is 8.77. The first-order valence-corrected chi connectivity index (χ1v) is 9.67. The highest BCUT2D eigenvalue weighted by atomic mass is 32.1. The number of aromatic nitrogens is 2. The molecule has 0 spiro atoms. The Morgan fingerprint density at radius 2 is 1.93 bits per heavy atom. The van der Waals surface area contributed by atoms with E-state index >= 15 is 0 Å². The van der Waals surface area contributed by atoms with Gasteiger partial charge < -0.3 is 15.2 Å². The van der Waals surface area contributed by atoms with Crippen LogP contribution in [-0.4, -0.2) is 41.8 Å². The summed E-state index contributed by atoms with van der Waals surface area (Å²) in [5, 5.41) is 4.91. The van der Waals surface area contributed by atoms with Crippen LogP contribution in [0.15, 0.2) is 54.2 Å². The van der Waals surface area contributed by atoms with Crippen LogP contribution in [0.5, 0.6) is 0 Å². The molecule has 1 atom stereocenters. The minimum absolute atomic E-state index is 0.192. The number of carbonyl (C=O) groups is 2. The third-order valence-electron chi connectivity index (χ3n) is 4.04. The summed E-state index contributed by atoms with van der Waals surface area (Å²) >= 11 is 1.28. The van der Waals surface area contributed by atoms with E-state index in [1.54, 1.807) is 12.4 Å². The van der Waals surface area contributed by atoms with Gasteiger partial charge in [0.25, 0.3) is 5.91 Å². The molecule has 1 unspecified atom stereocenters. The van der Waals surface area contributed by atoms with Crippen molar-refractivity contribution in [3.05, 3.63) is 54.2 Å². The molecule has 9 heteroatoms. The number of hydrogen-bond donors (Lipinski definition) is 2. The SMILES string of the molecule is COCCC(OC(N)=O)C(=O)Nc1nc(-c2cccc(-c3ccncc3)c2)cs1. The van der Waals surface area contributed by atoms with Crippen molar-refractivity contribution in [3.8, 4) is 22.4 Å². The van der Waals surface area contributed by atoms with Gasteiger partial charge in [0.1, 0.15) is 0 Å². The van der Waals surface area contributed by atoms with E-state index in [9.17, 15) is 9.59 Å². The molecule has 3 rings (SSSR count). The van der Waals surface area contributed by atoms with Gasteiger partial charge in [0, 0.05) is 36.9 Å². The zero-order valence-electron chi connectivity index (χ0n) is 15.7. The van der Waals surface area contributed by atoms with Gasteiger partial charge in [-0.3, -0.25) is 15.1 Å². The number of nitrogens with zero attached hydrogens (tertiary/aromatic N) is 2. The molecule has 0 saturated carbocycles. The third kappa shape index (κ3) is 5.59. The Kier molecular flexibility index (Phi) is 6.88. The first kappa shape index (κ1) is 20.4. The first-order chi connectivity index (χ1) is 14.1. The van der Waals surface area contributed by atoms with Crippen molar-refractivity contribution in [2.24, 2.45) is 5.73 Å². The van der Waals surface area contributed by atoms with Crippen molar-refractivity contribution < 1.29 is 19.1 Å². The molecule has 2 amide bonds. The van der Waals surface area contributed by atoms with Crippen LogP contribution in [0.2, 0.25) is 0 Å². The summed E-state index contributed by atoms with van der Waals surface area (Å²) in [6.45, 7) is 0.246. The fraction of sp³-hybridized carbons (Fsp3) is 0.200. The van der Waals surface area contributed by atoms with Gasteiger partial charge in [-0.1, -0.05) is 18.2 Å². The lowest BCUT2D eigenvalue weighted by atomic mass is 10.0. The minimum Gasteiger partial charge on any atom is -0.436 e. The second-order valence-corrected chi connectivity index (χ2v) is 6.91. The van der Waals surface area contributed by atoms with Crippen LogP contribution in [-0.2, 0) is 14.3 Å². The highest BCUT2D eigenvalue weighted by Gasteiger charge is 2.23. The minimum atomic E-state index is -1.05. The Balaban J connectivity index is 1.73. The standard InChI is InChI=1S/C20H20N4O4S/c1-27-10-7-17(28-19(21)26)18(25)24-20-23-16(12-29-20)15-4-2-3-14(11-15)13-5-8-22-9-6-13/h2-6,8-9,11-12,17H,7,10H2,1H3,(H2,21,26)(H,23,24,25). The van der Waals surface area contributed by atoms with Gasteiger partial charge in [-0.15, -0.1) is 11.3 Å². The molecule has 1 aromatic carbocycles. The number of benzene rings is 1. The molecule has 0 aliphatic rings. The molecule has 0 bridgehead atoms. The lowest BCUT2D eigenvalue weighted by molar-refractivity contribution is -0.124. The number of anilines is 1. The number of methoxy groups -OCH3 is 1. The number of amides is 2. The van der Waals surface area contributed by atoms with Crippen LogP contribution in [0, 0.1) is 0 Å². The summed E-state index contributed by atoms with van der Waals surface area (Å²) < 4.78 is 9.80. The lowest BCUT2D eigenvalue weighted by Crippen LogP contribution is -2.35. The zero-order valence-corrected chi connectivity index (χ0v) is 16.5. The van der Waals surface area contributed by atoms with Gasteiger partial charge in [0.15, 0.2) is 11.2 Å². The highest BCUT2D eigenvalue weighted by Crippen LogP contribution is 2.28. The molecule has 0 fully saturated rings. The Bertz CT molecular complexity index is 977. The van der Waals surface area contributed by atoms with E-state index in [0.717, 1.165) is 22.4 Å². The monoisotopic (exact) mass is 412 g/mol. The van der Waals surface area contributed by atoms with Crippen molar-refractivity contribution in [1.82, 2.24) is 9.97 Å². The smallest absolute Gasteiger partial charge is 0.405 e. The second-order valence-electron chi connectivity index (χ2n) is 6.05. The number of carbonyl (C=O) groups excluding carboxylic acids is 2. The van der Waals surface area contributed by atoms with Crippen LogP contribution >= 0.6 is 11.3 Å². The fourth-order valence-corrected chi connectivity index (χ4v) is 3.38. The number of primary amides is 1. The highest BCUT2D eigenvalue weighted by molar-refractivity contribution is 7.14. The quantitative estimate of drug-likeness (QED) is 0.586. The van der Waals surface area contributed by atoms with Crippen molar-refractivity contribution in [1.29, 1.82) is 0 Å². The molecule has 3 N–H and O–H groups in total. The van der Waals surface area contributed by atoms with Crippen molar-refractivity contribution >= 4 is 28.5 Å². The molecular weight excluding hydrogens is 392 g/mol. The third-order valence-corrected chi connectivity index (χ3v) is 4.80. The second kappa shape index (κ2) is 9.76. The van der Waals surface area contributed by atoms with E-state index in [1.807, 2.05) is 41.8 Å². The average Bonchev–Trinajstić information content (AvgIpc) is 3.20. The molecule has 0 radical (unpaired) electrons. The molecular formula is C20H20N4O4S. The molecule has 2 aromatic heterocycles. The molecule has 0 aliphatic heterocycles. The number of hydrogen-bond acceptors (Lipinski definition) is 7. The van der Waals surface area contributed by atoms with Gasteiger partial charge in [-0.05, 0) is 29.3 Å². The predicted octanol–water partition coefficient (Wildman–Crippen LogP) is 3.31. The maximum atomic E-state index is 12.4. The predicted molar refractivity (Wildman–Crippen MR) is 110 cm³/mol. The lowest BCUT2D eigenvalue weighted by Gasteiger charge is -2.14. The van der Waals surface area contributed by atoms with E-state index in [1.165, 1.54) is 18.4 Å². The summed E-state index contributed by atoms with van der Waals surface area (Å²) in [5.74, 6) is -0.507. The van der Waals surface area contributed by atoms with Gasteiger partial charge in [-0.2, -0.15) is 0 Å². The van der Waals surface area contributed by atoms with E-state index in [-0.39, 0.29) is 13.0 Å². The number of rotatable bonds is 8. The van der Waals surface area contributed by atoms with Crippen LogP contribution < -0.4 is 11.1 Å². The van der Waals surface area contributed by atoms with Crippen LogP contribution in [0.4, 0.5) is 9.93 Å². The summed E-state index contributed by atoms with van der Waals surface area (Å²) in [7, 11) is 1.49. The van der Waals surface area contributed by atoms with E-state index in [4.69, 9.17) is 15.2 Å². The maximum absolute atomic E-state index is 12.4. The average molecular weight is 412 g/mol. The molecule has 0 saturated heterocycles. The van der Waals surface area contributed by atoms with Crippen molar-refractivity contribution in [2.45, 2.75) is 12.5 Å². The van der Waals surface area contributed by atoms with Crippen molar-refractivity contribution in [2.75, 3.05) is 19.0 Å². The van der Waals surface area contributed by atoms with Crippen LogP contribution in [0.3, 0.4) is 0 Å². The molecule has 150 valence electrons. The Labute approximate surface area is 171 Å². The van der Waals surface area contributed by atoms with Crippen LogP contribution in [0.1, 0.15) is 6.42 Å². The molecule has 2 heterocycles. The Morgan fingerprint density at radius 1 is 1.17 bits per heavy atom. The zero-order chi connectivity index (χ0) is 20.6. The molecule has 29 heavy (non-hydrogen) atoms. The van der Waals surface area contributed by atoms with E-state index < -0.39 is 18.1 Å². The molecule has 0 aliphatic carbocycles. The maximum Gasteiger partial charge on any atom is 0.405 e. The molecule has 8 nitrogen and oxygen atoms in total. The normalized spacial score (nSPS) is 11.6. The Morgan fingerprint density at radius 3 is 2.66 bits per heavy atom. The topological polar surface area (TPSA) is 116 Å². The number of nitrogens with one attached hydrogen (secondary N) is 1. The largest absolute Gasteiger partial charge is 0.436 e. The number of ether oxygens (including phenoxy) is 2. The van der Waals surface area contributed by atoms with Crippen molar-refractivity contribution in [3.63, 3.8) is 0 Å². The van der Waals surface area contributed by atoms with Gasteiger partial charge >= 0.3 is 6.09 Å². The number of nitrogens with two attached hydrogens (primary N) is 1.